The van der Waals surface area contributed by atoms with E-state index in [1.54, 1.807) is 0 Å². The molecule has 0 radical (unpaired) electrons. The minimum absolute atomic E-state index is 0.445. The van der Waals surface area contributed by atoms with E-state index in [1.165, 1.54) is 37.9 Å². The maximum Gasteiger partial charge on any atom is 0.0666 e. The summed E-state index contributed by atoms with van der Waals surface area (Å²) < 4.78 is 5.64. The molecule has 0 spiro atoms. The van der Waals surface area contributed by atoms with E-state index >= 15 is 0 Å². The Hall–Kier alpha value is 0.660. The maximum atomic E-state index is 5.64. The average molecular weight is 277 g/mol. The van der Waals surface area contributed by atoms with Crippen molar-refractivity contribution in [3.63, 3.8) is 0 Å². The van der Waals surface area contributed by atoms with Gasteiger partial charge in [-0.15, -0.1) is 0 Å². The fourth-order valence-corrected chi connectivity index (χ4v) is 4.90. The summed E-state index contributed by atoms with van der Waals surface area (Å²) in [6.45, 7) is 7.75. The summed E-state index contributed by atoms with van der Waals surface area (Å²) in [7, 11) is 0. The molecule has 3 heteroatoms. The van der Waals surface area contributed by atoms with Crippen LogP contribution in [-0.4, -0.2) is 29.5 Å². The van der Waals surface area contributed by atoms with Crippen molar-refractivity contribution in [2.75, 3.05) is 18.1 Å². The van der Waals surface area contributed by atoms with Gasteiger partial charge in [-0.05, 0) is 37.4 Å². The number of hydrogen-bond donors (Lipinski definition) is 1. The smallest absolute Gasteiger partial charge is 0.0666 e. The molecular formula is C14H28OS2. The fourth-order valence-electron chi connectivity index (χ4n) is 2.75. The van der Waals surface area contributed by atoms with Gasteiger partial charge in [-0.25, -0.2) is 0 Å². The van der Waals surface area contributed by atoms with Crippen molar-refractivity contribution in [1.29, 1.82) is 0 Å². The first kappa shape index (κ1) is 15.7. The predicted molar refractivity (Wildman–Crippen MR) is 82.4 cm³/mol. The van der Waals surface area contributed by atoms with Crippen molar-refractivity contribution in [3.05, 3.63) is 0 Å². The summed E-state index contributed by atoms with van der Waals surface area (Å²) in [5.41, 5.74) is 0.458. The number of ether oxygens (including phenoxy) is 1. The second-order valence-electron chi connectivity index (χ2n) is 5.37. The van der Waals surface area contributed by atoms with Gasteiger partial charge in [0.25, 0.3) is 0 Å². The zero-order valence-corrected chi connectivity index (χ0v) is 13.3. The molecule has 0 amide bonds. The van der Waals surface area contributed by atoms with Crippen molar-refractivity contribution >= 4 is 24.4 Å². The van der Waals surface area contributed by atoms with Crippen molar-refractivity contribution < 1.29 is 4.74 Å². The molecule has 0 saturated carbocycles. The molecule has 0 bridgehead atoms. The highest BCUT2D eigenvalue weighted by Gasteiger charge is 2.31. The Morgan fingerprint density at radius 3 is 2.35 bits per heavy atom. The Morgan fingerprint density at radius 2 is 1.94 bits per heavy atom. The topological polar surface area (TPSA) is 9.23 Å². The highest BCUT2D eigenvalue weighted by atomic mass is 32.2. The molecule has 0 aromatic carbocycles. The molecule has 1 heterocycles. The summed E-state index contributed by atoms with van der Waals surface area (Å²) >= 11 is 6.75. The van der Waals surface area contributed by atoms with Gasteiger partial charge >= 0.3 is 0 Å². The molecule has 0 aromatic heterocycles. The minimum atomic E-state index is 0.445. The second kappa shape index (κ2) is 7.96. The molecule has 17 heavy (non-hydrogen) atoms. The standard InChI is InChI=1S/C14H28OS2/c1-4-7-14(10-16,8-5-2)11-17-13-6-9-15-12(13)3/h12-13,16H,4-11H2,1-3H3. The van der Waals surface area contributed by atoms with Gasteiger partial charge in [0.05, 0.1) is 6.10 Å². The molecule has 2 atom stereocenters. The normalized spacial score (nSPS) is 25.4. The van der Waals surface area contributed by atoms with E-state index in [0.717, 1.165) is 12.4 Å². The summed E-state index contributed by atoms with van der Waals surface area (Å²) in [4.78, 5) is 0. The molecule has 0 aromatic rings. The van der Waals surface area contributed by atoms with E-state index in [1.807, 2.05) is 0 Å². The van der Waals surface area contributed by atoms with Gasteiger partial charge in [-0.1, -0.05) is 26.7 Å². The molecule has 1 rings (SSSR count). The van der Waals surface area contributed by atoms with Gasteiger partial charge in [0.2, 0.25) is 0 Å². The van der Waals surface area contributed by atoms with Crippen LogP contribution in [0.1, 0.15) is 52.9 Å². The molecule has 2 unspecified atom stereocenters. The van der Waals surface area contributed by atoms with Crippen molar-refractivity contribution in [1.82, 2.24) is 0 Å². The van der Waals surface area contributed by atoms with Crippen LogP contribution in [0.4, 0.5) is 0 Å². The lowest BCUT2D eigenvalue weighted by atomic mass is 9.83. The van der Waals surface area contributed by atoms with E-state index in [-0.39, 0.29) is 0 Å². The number of thioether (sulfide) groups is 1. The molecule has 0 aliphatic carbocycles. The SMILES string of the molecule is CCCC(CS)(CCC)CSC1CCOC1C. The Balaban J connectivity index is 2.47. The zero-order valence-electron chi connectivity index (χ0n) is 11.6. The molecule has 1 aliphatic heterocycles. The first-order valence-corrected chi connectivity index (χ1v) is 8.69. The van der Waals surface area contributed by atoms with Gasteiger partial charge < -0.3 is 4.74 Å². The van der Waals surface area contributed by atoms with Gasteiger partial charge in [-0.3, -0.25) is 0 Å². The van der Waals surface area contributed by atoms with Crippen LogP contribution in [0.5, 0.6) is 0 Å². The monoisotopic (exact) mass is 276 g/mol. The average Bonchev–Trinajstić information content (AvgIpc) is 2.72. The maximum absolute atomic E-state index is 5.64. The number of hydrogen-bond acceptors (Lipinski definition) is 3. The highest BCUT2D eigenvalue weighted by molar-refractivity contribution is 8.00. The van der Waals surface area contributed by atoms with Gasteiger partial charge in [-0.2, -0.15) is 24.4 Å². The quantitative estimate of drug-likeness (QED) is 0.657. The summed E-state index contributed by atoms with van der Waals surface area (Å²) in [6, 6.07) is 0. The van der Waals surface area contributed by atoms with Crippen molar-refractivity contribution in [3.8, 4) is 0 Å². The zero-order chi connectivity index (χ0) is 12.7. The molecule has 102 valence electrons. The summed E-state index contributed by atoms with van der Waals surface area (Å²) in [5.74, 6) is 2.29. The van der Waals surface area contributed by atoms with E-state index < -0.39 is 0 Å². The van der Waals surface area contributed by atoms with Gasteiger partial charge in [0, 0.05) is 17.6 Å². The third-order valence-electron chi connectivity index (χ3n) is 3.81. The second-order valence-corrected chi connectivity index (χ2v) is 6.92. The molecule has 1 aliphatic rings. The first-order chi connectivity index (χ1) is 8.17. The van der Waals surface area contributed by atoms with E-state index in [9.17, 15) is 0 Å². The Labute approximate surface area is 117 Å². The van der Waals surface area contributed by atoms with Crippen molar-refractivity contribution in [2.45, 2.75) is 64.2 Å². The van der Waals surface area contributed by atoms with Crippen LogP contribution in [0, 0.1) is 5.41 Å². The molecule has 1 saturated heterocycles. The largest absolute Gasteiger partial charge is 0.377 e. The van der Waals surface area contributed by atoms with Crippen LogP contribution in [0.25, 0.3) is 0 Å². The number of rotatable bonds is 8. The van der Waals surface area contributed by atoms with Crippen LogP contribution >= 0.6 is 24.4 Å². The van der Waals surface area contributed by atoms with E-state index in [0.29, 0.717) is 16.8 Å². The van der Waals surface area contributed by atoms with Crippen LogP contribution in [-0.2, 0) is 4.74 Å². The molecular weight excluding hydrogens is 248 g/mol. The molecule has 1 fully saturated rings. The highest BCUT2D eigenvalue weighted by Crippen LogP contribution is 2.38. The lowest BCUT2D eigenvalue weighted by Gasteiger charge is -2.33. The van der Waals surface area contributed by atoms with E-state index in [4.69, 9.17) is 4.74 Å². The third kappa shape index (κ3) is 4.68. The first-order valence-electron chi connectivity index (χ1n) is 7.01. The van der Waals surface area contributed by atoms with Crippen LogP contribution in [0.2, 0.25) is 0 Å². The number of thiol groups is 1. The van der Waals surface area contributed by atoms with Gasteiger partial charge in [0.15, 0.2) is 0 Å². The lowest BCUT2D eigenvalue weighted by molar-refractivity contribution is 0.127. The van der Waals surface area contributed by atoms with Crippen LogP contribution in [0.3, 0.4) is 0 Å². The molecule has 0 N–H and O–H groups in total. The third-order valence-corrected chi connectivity index (χ3v) is 6.30. The Kier molecular flexibility index (Phi) is 7.36. The van der Waals surface area contributed by atoms with E-state index in [2.05, 4.69) is 45.2 Å². The van der Waals surface area contributed by atoms with Crippen LogP contribution < -0.4 is 0 Å². The molecule has 1 nitrogen and oxygen atoms in total. The van der Waals surface area contributed by atoms with Gasteiger partial charge in [0.1, 0.15) is 0 Å². The Bertz CT molecular complexity index is 202. The fraction of sp³-hybridized carbons (Fsp3) is 1.00. The Morgan fingerprint density at radius 1 is 1.29 bits per heavy atom. The summed E-state index contributed by atoms with van der Waals surface area (Å²) in [5, 5.41) is 0.711. The lowest BCUT2D eigenvalue weighted by Crippen LogP contribution is -2.28. The van der Waals surface area contributed by atoms with Crippen LogP contribution in [0.15, 0.2) is 0 Å². The predicted octanol–water partition coefficient (Wildman–Crippen LogP) is 4.41. The minimum Gasteiger partial charge on any atom is -0.377 e. The summed E-state index contributed by atoms with van der Waals surface area (Å²) in [6.07, 6.45) is 6.86. The van der Waals surface area contributed by atoms with Crippen molar-refractivity contribution in [2.24, 2.45) is 5.41 Å².